The molecule has 1 heterocycles. The Labute approximate surface area is 102 Å². The molecule has 3 heteroatoms. The van der Waals surface area contributed by atoms with E-state index in [4.69, 9.17) is 5.11 Å². The van der Waals surface area contributed by atoms with E-state index in [0.29, 0.717) is 6.42 Å². The number of rotatable bonds is 5. The average molecular weight is 233 g/mol. The molecule has 17 heavy (non-hydrogen) atoms. The topological polar surface area (TPSA) is 40.5 Å². The Morgan fingerprint density at radius 2 is 2.29 bits per heavy atom. The van der Waals surface area contributed by atoms with Crippen molar-refractivity contribution in [2.45, 2.75) is 32.6 Å². The largest absolute Gasteiger partial charge is 0.481 e. The summed E-state index contributed by atoms with van der Waals surface area (Å²) in [6, 6.07) is 6.27. The van der Waals surface area contributed by atoms with Crippen LogP contribution in [0.15, 0.2) is 18.2 Å². The zero-order chi connectivity index (χ0) is 12.3. The van der Waals surface area contributed by atoms with Gasteiger partial charge in [0.25, 0.3) is 0 Å². The lowest BCUT2D eigenvalue weighted by Gasteiger charge is -2.21. The number of aliphatic carboxylic acids is 1. The Bertz CT molecular complexity index is 413. The average Bonchev–Trinajstić information content (AvgIpc) is 2.71. The molecule has 0 unspecified atom stereocenters. The predicted molar refractivity (Wildman–Crippen MR) is 68.6 cm³/mol. The van der Waals surface area contributed by atoms with Gasteiger partial charge < -0.3 is 10.0 Å². The molecule has 1 N–H and O–H groups in total. The minimum absolute atomic E-state index is 0.219. The second-order valence-corrected chi connectivity index (χ2v) is 4.56. The maximum absolute atomic E-state index is 10.7. The van der Waals surface area contributed by atoms with E-state index in [2.05, 4.69) is 24.0 Å². The second-order valence-electron chi connectivity index (χ2n) is 4.56. The van der Waals surface area contributed by atoms with Crippen LogP contribution in [-0.4, -0.2) is 24.2 Å². The van der Waals surface area contributed by atoms with Crippen LogP contribution in [0.25, 0.3) is 0 Å². The number of para-hydroxylation sites is 1. The van der Waals surface area contributed by atoms with Crippen LogP contribution < -0.4 is 4.90 Å². The molecule has 0 bridgehead atoms. The van der Waals surface area contributed by atoms with Gasteiger partial charge in [-0.1, -0.05) is 25.1 Å². The Morgan fingerprint density at radius 1 is 1.47 bits per heavy atom. The number of carbonyl (C=O) groups is 1. The third-order valence-electron chi connectivity index (χ3n) is 3.27. The number of fused-ring (bicyclic) bond motifs is 1. The summed E-state index contributed by atoms with van der Waals surface area (Å²) >= 11 is 0. The van der Waals surface area contributed by atoms with Crippen molar-refractivity contribution in [3.05, 3.63) is 29.3 Å². The van der Waals surface area contributed by atoms with Crippen LogP contribution in [0.3, 0.4) is 0 Å². The molecule has 0 atom stereocenters. The first-order valence-corrected chi connectivity index (χ1v) is 6.30. The highest BCUT2D eigenvalue weighted by Crippen LogP contribution is 2.32. The molecule has 0 aliphatic carbocycles. The van der Waals surface area contributed by atoms with Crippen molar-refractivity contribution >= 4 is 11.7 Å². The quantitative estimate of drug-likeness (QED) is 0.849. The summed E-state index contributed by atoms with van der Waals surface area (Å²) in [7, 11) is 0. The summed E-state index contributed by atoms with van der Waals surface area (Å²) in [5.74, 6) is -0.720. The number of hydrogen-bond acceptors (Lipinski definition) is 2. The summed E-state index contributed by atoms with van der Waals surface area (Å²) in [6.07, 6.45) is 3.08. The number of nitrogens with zero attached hydrogens (tertiary/aromatic N) is 1. The van der Waals surface area contributed by atoms with E-state index < -0.39 is 5.97 Å². The Balaban J connectivity index is 2.22. The van der Waals surface area contributed by atoms with Crippen molar-refractivity contribution in [1.29, 1.82) is 0 Å². The fourth-order valence-electron chi connectivity index (χ4n) is 2.56. The first kappa shape index (κ1) is 12.0. The molecule has 0 fully saturated rings. The molecule has 3 nitrogen and oxygen atoms in total. The standard InChI is InChI=1S/C14H19NO2/c1-2-9-15-10-8-12-5-3-4-11(14(12)15)6-7-13(16)17/h3-5H,2,6-10H2,1H3,(H,16,17). The molecule has 1 aliphatic rings. The van der Waals surface area contributed by atoms with Crippen LogP contribution in [0.4, 0.5) is 5.69 Å². The van der Waals surface area contributed by atoms with E-state index in [9.17, 15) is 4.79 Å². The van der Waals surface area contributed by atoms with Gasteiger partial charge in [-0.15, -0.1) is 0 Å². The molecule has 2 rings (SSSR count). The van der Waals surface area contributed by atoms with Gasteiger partial charge in [-0.05, 0) is 30.4 Å². The molecule has 92 valence electrons. The minimum atomic E-state index is -0.720. The monoisotopic (exact) mass is 233 g/mol. The summed E-state index contributed by atoms with van der Waals surface area (Å²) in [6.45, 7) is 4.32. The van der Waals surface area contributed by atoms with Crippen molar-refractivity contribution < 1.29 is 9.90 Å². The zero-order valence-corrected chi connectivity index (χ0v) is 10.3. The predicted octanol–water partition coefficient (Wildman–Crippen LogP) is 2.48. The molecule has 0 saturated heterocycles. The van der Waals surface area contributed by atoms with Crippen molar-refractivity contribution in [2.75, 3.05) is 18.0 Å². The van der Waals surface area contributed by atoms with Gasteiger partial charge >= 0.3 is 5.97 Å². The fourth-order valence-corrected chi connectivity index (χ4v) is 2.56. The van der Waals surface area contributed by atoms with Gasteiger partial charge in [0.05, 0.1) is 0 Å². The fraction of sp³-hybridized carbons (Fsp3) is 0.500. The molecule has 0 radical (unpaired) electrons. The molecule has 1 aromatic carbocycles. The number of carboxylic acid groups (broad SMARTS) is 1. The number of benzene rings is 1. The number of aryl methyl sites for hydroxylation is 1. The van der Waals surface area contributed by atoms with E-state index in [1.807, 2.05) is 6.07 Å². The van der Waals surface area contributed by atoms with Crippen LogP contribution in [0.2, 0.25) is 0 Å². The van der Waals surface area contributed by atoms with Crippen LogP contribution in [-0.2, 0) is 17.6 Å². The highest BCUT2D eigenvalue weighted by atomic mass is 16.4. The smallest absolute Gasteiger partial charge is 0.303 e. The molecule has 0 saturated carbocycles. The maximum Gasteiger partial charge on any atom is 0.303 e. The third-order valence-corrected chi connectivity index (χ3v) is 3.27. The van der Waals surface area contributed by atoms with Crippen LogP contribution in [0.1, 0.15) is 30.9 Å². The summed E-state index contributed by atoms with van der Waals surface area (Å²) in [4.78, 5) is 13.1. The summed E-state index contributed by atoms with van der Waals surface area (Å²) < 4.78 is 0. The molecular formula is C14H19NO2. The van der Waals surface area contributed by atoms with Crippen molar-refractivity contribution in [3.63, 3.8) is 0 Å². The molecule has 1 aliphatic heterocycles. The van der Waals surface area contributed by atoms with Gasteiger partial charge in [-0.25, -0.2) is 0 Å². The van der Waals surface area contributed by atoms with Gasteiger partial charge in [-0.2, -0.15) is 0 Å². The summed E-state index contributed by atoms with van der Waals surface area (Å²) in [5, 5.41) is 8.78. The van der Waals surface area contributed by atoms with E-state index >= 15 is 0 Å². The van der Waals surface area contributed by atoms with Crippen LogP contribution in [0, 0.1) is 0 Å². The van der Waals surface area contributed by atoms with E-state index in [0.717, 1.165) is 25.9 Å². The van der Waals surface area contributed by atoms with Crippen LogP contribution >= 0.6 is 0 Å². The first-order chi connectivity index (χ1) is 8.22. The summed E-state index contributed by atoms with van der Waals surface area (Å²) in [5.41, 5.74) is 3.87. The molecule has 0 aromatic heterocycles. The van der Waals surface area contributed by atoms with E-state index in [1.165, 1.54) is 16.8 Å². The lowest BCUT2D eigenvalue weighted by atomic mass is 10.0. The van der Waals surface area contributed by atoms with E-state index in [1.54, 1.807) is 0 Å². The molecular weight excluding hydrogens is 214 g/mol. The van der Waals surface area contributed by atoms with Crippen LogP contribution in [0.5, 0.6) is 0 Å². The second kappa shape index (κ2) is 5.21. The highest BCUT2D eigenvalue weighted by Gasteiger charge is 2.21. The maximum atomic E-state index is 10.7. The first-order valence-electron chi connectivity index (χ1n) is 6.30. The van der Waals surface area contributed by atoms with Crippen molar-refractivity contribution in [2.24, 2.45) is 0 Å². The third kappa shape index (κ3) is 2.60. The van der Waals surface area contributed by atoms with Gasteiger partial charge in [0, 0.05) is 25.2 Å². The highest BCUT2D eigenvalue weighted by molar-refractivity contribution is 5.69. The SMILES string of the molecule is CCCN1CCc2cccc(CCC(=O)O)c21. The molecule has 1 aromatic rings. The number of anilines is 1. The Hall–Kier alpha value is -1.51. The normalized spacial score (nSPS) is 13.8. The Kier molecular flexibility index (Phi) is 3.67. The van der Waals surface area contributed by atoms with Gasteiger partial charge in [-0.3, -0.25) is 4.79 Å². The lowest BCUT2D eigenvalue weighted by molar-refractivity contribution is -0.136. The number of hydrogen-bond donors (Lipinski definition) is 1. The van der Waals surface area contributed by atoms with Gasteiger partial charge in [0.1, 0.15) is 0 Å². The Morgan fingerprint density at radius 3 is 3.00 bits per heavy atom. The van der Waals surface area contributed by atoms with E-state index in [-0.39, 0.29) is 6.42 Å². The lowest BCUT2D eigenvalue weighted by Crippen LogP contribution is -2.22. The minimum Gasteiger partial charge on any atom is -0.481 e. The van der Waals surface area contributed by atoms with Crippen molar-refractivity contribution in [3.8, 4) is 0 Å². The number of carboxylic acids is 1. The molecule has 0 spiro atoms. The van der Waals surface area contributed by atoms with Crippen molar-refractivity contribution in [1.82, 2.24) is 0 Å². The van der Waals surface area contributed by atoms with Gasteiger partial charge in [0.2, 0.25) is 0 Å². The van der Waals surface area contributed by atoms with Gasteiger partial charge in [0.15, 0.2) is 0 Å². The molecule has 0 amide bonds. The zero-order valence-electron chi connectivity index (χ0n) is 10.3.